The van der Waals surface area contributed by atoms with Crippen molar-refractivity contribution in [3.8, 4) is 0 Å². The average molecular weight is 290 g/mol. The molecule has 7 heteroatoms. The van der Waals surface area contributed by atoms with Crippen LogP contribution in [0, 0.1) is 0 Å². The molecular formula is C13H17F3N2O2. The quantitative estimate of drug-likeness (QED) is 0.781. The molecule has 0 amide bonds. The van der Waals surface area contributed by atoms with Crippen molar-refractivity contribution in [3.05, 3.63) is 23.3 Å². The molecule has 1 aromatic heterocycles. The molecule has 0 aliphatic carbocycles. The summed E-state index contributed by atoms with van der Waals surface area (Å²) >= 11 is 0. The van der Waals surface area contributed by atoms with E-state index < -0.39 is 18.6 Å². The van der Waals surface area contributed by atoms with E-state index in [1.165, 1.54) is 6.20 Å². The van der Waals surface area contributed by atoms with Gasteiger partial charge in [-0.1, -0.05) is 13.8 Å². The summed E-state index contributed by atoms with van der Waals surface area (Å²) in [6.07, 6.45) is -4.29. The molecule has 0 saturated heterocycles. The first kappa shape index (κ1) is 16.4. The highest BCUT2D eigenvalue weighted by Gasteiger charge is 2.27. The van der Waals surface area contributed by atoms with Gasteiger partial charge in [0.05, 0.1) is 24.3 Å². The van der Waals surface area contributed by atoms with Gasteiger partial charge in [-0.05, 0) is 12.8 Å². The maximum atomic E-state index is 12.2. The normalized spacial score (nSPS) is 11.8. The van der Waals surface area contributed by atoms with Crippen molar-refractivity contribution < 1.29 is 22.7 Å². The van der Waals surface area contributed by atoms with Crippen LogP contribution in [0.15, 0.2) is 6.20 Å². The first-order valence-corrected chi connectivity index (χ1v) is 6.34. The van der Waals surface area contributed by atoms with E-state index in [2.05, 4.69) is 9.97 Å². The van der Waals surface area contributed by atoms with E-state index in [0.29, 0.717) is 5.69 Å². The van der Waals surface area contributed by atoms with E-state index >= 15 is 0 Å². The molecule has 0 N–H and O–H groups in total. The minimum Gasteiger partial charge on any atom is -0.462 e. The van der Waals surface area contributed by atoms with Crippen LogP contribution < -0.4 is 0 Å². The topological polar surface area (TPSA) is 52.1 Å². The molecule has 20 heavy (non-hydrogen) atoms. The number of carbonyl (C=O) groups excluding carboxylic acids is 1. The number of hydrogen-bond acceptors (Lipinski definition) is 4. The van der Waals surface area contributed by atoms with E-state index in [-0.39, 0.29) is 30.3 Å². The van der Waals surface area contributed by atoms with Crippen LogP contribution in [0.25, 0.3) is 0 Å². The number of aromatic nitrogens is 2. The maximum absolute atomic E-state index is 12.2. The van der Waals surface area contributed by atoms with Gasteiger partial charge in [-0.25, -0.2) is 14.8 Å². The number of ether oxygens (including phenoxy) is 1. The molecule has 0 bridgehead atoms. The summed E-state index contributed by atoms with van der Waals surface area (Å²) in [6.45, 7) is 5.49. The van der Waals surface area contributed by atoms with Crippen LogP contribution in [0.5, 0.6) is 0 Å². The van der Waals surface area contributed by atoms with Gasteiger partial charge in [-0.3, -0.25) is 0 Å². The molecule has 0 aliphatic heterocycles. The average Bonchev–Trinajstić information content (AvgIpc) is 2.35. The van der Waals surface area contributed by atoms with Crippen LogP contribution in [0.2, 0.25) is 0 Å². The number of aryl methyl sites for hydroxylation is 1. The van der Waals surface area contributed by atoms with Gasteiger partial charge in [0.2, 0.25) is 0 Å². The minimum absolute atomic E-state index is 0.0825. The van der Waals surface area contributed by atoms with Gasteiger partial charge in [0.25, 0.3) is 0 Å². The van der Waals surface area contributed by atoms with Crippen LogP contribution in [-0.2, 0) is 11.2 Å². The second-order valence-electron chi connectivity index (χ2n) is 4.58. The lowest BCUT2D eigenvalue weighted by Crippen LogP contribution is -2.15. The Morgan fingerprint density at radius 1 is 1.40 bits per heavy atom. The molecule has 1 rings (SSSR count). The van der Waals surface area contributed by atoms with E-state index in [1.54, 1.807) is 20.8 Å². The predicted octanol–water partition coefficient (Wildman–Crippen LogP) is 3.27. The third-order valence-corrected chi connectivity index (χ3v) is 2.54. The highest BCUT2D eigenvalue weighted by Crippen LogP contribution is 2.22. The number of hydrogen-bond donors (Lipinski definition) is 0. The minimum atomic E-state index is -4.25. The Labute approximate surface area is 115 Å². The summed E-state index contributed by atoms with van der Waals surface area (Å²) in [5.41, 5.74) is 0.619. The third kappa shape index (κ3) is 4.79. The predicted molar refractivity (Wildman–Crippen MR) is 66.5 cm³/mol. The van der Waals surface area contributed by atoms with Gasteiger partial charge in [-0.2, -0.15) is 13.2 Å². The lowest BCUT2D eigenvalue weighted by Gasteiger charge is -2.12. The summed E-state index contributed by atoms with van der Waals surface area (Å²) in [5.74, 6) is -0.584. The Balaban J connectivity index is 2.98. The zero-order chi connectivity index (χ0) is 15.3. The lowest BCUT2D eigenvalue weighted by molar-refractivity contribution is -0.134. The molecule has 1 aromatic rings. The Morgan fingerprint density at radius 2 is 2.05 bits per heavy atom. The molecular weight excluding hydrogens is 273 g/mol. The summed E-state index contributed by atoms with van der Waals surface area (Å²) in [7, 11) is 0. The summed E-state index contributed by atoms with van der Waals surface area (Å²) in [6, 6.07) is 0. The molecule has 0 atom stereocenters. The smallest absolute Gasteiger partial charge is 0.389 e. The van der Waals surface area contributed by atoms with Crippen molar-refractivity contribution in [1.29, 1.82) is 0 Å². The molecule has 0 spiro atoms. The van der Waals surface area contributed by atoms with Crippen molar-refractivity contribution in [3.63, 3.8) is 0 Å². The first-order valence-electron chi connectivity index (χ1n) is 6.34. The van der Waals surface area contributed by atoms with Crippen molar-refractivity contribution in [1.82, 2.24) is 9.97 Å². The zero-order valence-corrected chi connectivity index (χ0v) is 11.6. The van der Waals surface area contributed by atoms with E-state index in [4.69, 9.17) is 4.74 Å². The van der Waals surface area contributed by atoms with E-state index in [1.807, 2.05) is 0 Å². The highest BCUT2D eigenvalue weighted by molar-refractivity contribution is 5.90. The summed E-state index contributed by atoms with van der Waals surface area (Å²) in [5, 5.41) is 0. The number of alkyl halides is 3. The monoisotopic (exact) mass is 290 g/mol. The Bertz CT molecular complexity index is 473. The van der Waals surface area contributed by atoms with Crippen molar-refractivity contribution in [2.24, 2.45) is 0 Å². The first-order chi connectivity index (χ1) is 9.24. The van der Waals surface area contributed by atoms with Gasteiger partial charge in [0.15, 0.2) is 0 Å². The largest absolute Gasteiger partial charge is 0.462 e. The number of carbonyl (C=O) groups is 1. The van der Waals surface area contributed by atoms with Gasteiger partial charge in [0.1, 0.15) is 5.82 Å². The Kier molecular flexibility index (Phi) is 5.47. The van der Waals surface area contributed by atoms with E-state index in [0.717, 1.165) is 0 Å². The Hall–Kier alpha value is -1.66. The van der Waals surface area contributed by atoms with Crippen molar-refractivity contribution >= 4 is 5.97 Å². The molecule has 112 valence electrons. The fourth-order valence-corrected chi connectivity index (χ4v) is 1.61. The number of nitrogens with zero attached hydrogens (tertiary/aromatic N) is 2. The molecule has 0 unspecified atom stereocenters. The number of rotatable bonds is 5. The zero-order valence-electron chi connectivity index (χ0n) is 11.6. The van der Waals surface area contributed by atoms with Crippen molar-refractivity contribution in [2.75, 3.05) is 6.61 Å². The van der Waals surface area contributed by atoms with Gasteiger partial charge < -0.3 is 4.74 Å². The fourth-order valence-electron chi connectivity index (χ4n) is 1.61. The van der Waals surface area contributed by atoms with Crippen LogP contribution in [0.4, 0.5) is 13.2 Å². The summed E-state index contributed by atoms with van der Waals surface area (Å²) in [4.78, 5) is 19.6. The maximum Gasteiger partial charge on any atom is 0.389 e. The molecule has 1 heterocycles. The van der Waals surface area contributed by atoms with Crippen LogP contribution in [-0.4, -0.2) is 28.7 Å². The number of esters is 1. The van der Waals surface area contributed by atoms with Gasteiger partial charge >= 0.3 is 12.1 Å². The lowest BCUT2D eigenvalue weighted by atomic mass is 10.0. The second-order valence-corrected chi connectivity index (χ2v) is 4.58. The van der Waals surface area contributed by atoms with Crippen LogP contribution in [0.1, 0.15) is 55.0 Å². The van der Waals surface area contributed by atoms with Crippen LogP contribution >= 0.6 is 0 Å². The van der Waals surface area contributed by atoms with Crippen molar-refractivity contribution in [2.45, 2.75) is 45.7 Å². The molecule has 0 aromatic carbocycles. The molecule has 0 saturated carbocycles. The third-order valence-electron chi connectivity index (χ3n) is 2.54. The van der Waals surface area contributed by atoms with Gasteiger partial charge in [-0.15, -0.1) is 0 Å². The molecule has 0 fully saturated rings. The fraction of sp³-hybridized carbons (Fsp3) is 0.615. The molecule has 4 nitrogen and oxygen atoms in total. The standard InChI is InChI=1S/C13H17F3N2O2/c1-4-20-12(19)9-7-17-10(5-6-13(14,15)16)18-11(9)8(2)3/h7-8H,4-6H2,1-3H3. The second kappa shape index (κ2) is 6.67. The molecule has 0 radical (unpaired) electrons. The number of halogens is 3. The SMILES string of the molecule is CCOC(=O)c1cnc(CCC(F)(F)F)nc1C(C)C. The summed E-state index contributed by atoms with van der Waals surface area (Å²) < 4.78 is 41.4. The highest BCUT2D eigenvalue weighted by atomic mass is 19.4. The van der Waals surface area contributed by atoms with Crippen LogP contribution in [0.3, 0.4) is 0 Å². The Morgan fingerprint density at radius 3 is 2.55 bits per heavy atom. The molecule has 0 aliphatic rings. The van der Waals surface area contributed by atoms with E-state index in [9.17, 15) is 18.0 Å². The van der Waals surface area contributed by atoms with Gasteiger partial charge in [0, 0.05) is 12.6 Å².